The molecule has 0 saturated heterocycles. The number of aromatic nitrogens is 3. The van der Waals surface area contributed by atoms with Crippen molar-refractivity contribution >= 4 is 33.4 Å². The van der Waals surface area contributed by atoms with Crippen molar-refractivity contribution in [3.63, 3.8) is 0 Å². The van der Waals surface area contributed by atoms with E-state index in [1.165, 1.54) is 11.8 Å². The van der Waals surface area contributed by atoms with Gasteiger partial charge >= 0.3 is 0 Å². The number of anilines is 1. The molecule has 1 atom stereocenters. The second kappa shape index (κ2) is 8.93. The first-order valence-electron chi connectivity index (χ1n) is 9.07. The van der Waals surface area contributed by atoms with Gasteiger partial charge in [-0.1, -0.05) is 36.0 Å². The Balaban J connectivity index is 1.81. The van der Waals surface area contributed by atoms with Crippen LogP contribution in [0, 0.1) is 0 Å². The zero-order chi connectivity index (χ0) is 21.1. The van der Waals surface area contributed by atoms with E-state index in [2.05, 4.69) is 43.0 Å². The largest absolute Gasteiger partial charge is 0.493 e. The van der Waals surface area contributed by atoms with Gasteiger partial charge in [0.1, 0.15) is 0 Å². The summed E-state index contributed by atoms with van der Waals surface area (Å²) in [7, 11) is 3.19. The molecule has 9 heteroatoms. The minimum atomic E-state index is -0.530. The van der Waals surface area contributed by atoms with Crippen LogP contribution in [0.4, 0.5) is 5.69 Å². The molecule has 0 aliphatic carbocycles. The molecular weight excluding hydrogens is 468 g/mol. The van der Waals surface area contributed by atoms with Gasteiger partial charge in [-0.05, 0) is 34.1 Å². The maximum atomic E-state index is 6.29. The van der Waals surface area contributed by atoms with E-state index < -0.39 is 6.23 Å². The third kappa shape index (κ3) is 3.95. The van der Waals surface area contributed by atoms with Crippen molar-refractivity contribution in [3.8, 4) is 28.6 Å². The van der Waals surface area contributed by atoms with Crippen LogP contribution in [-0.2, 0) is 0 Å². The van der Waals surface area contributed by atoms with Gasteiger partial charge in [0.2, 0.25) is 11.0 Å². The monoisotopic (exact) mass is 486 g/mol. The summed E-state index contributed by atoms with van der Waals surface area (Å²) < 4.78 is 18.0. The number of rotatable bonds is 6. The van der Waals surface area contributed by atoms with E-state index in [-0.39, 0.29) is 0 Å². The molecule has 1 aromatic heterocycles. The van der Waals surface area contributed by atoms with Crippen LogP contribution in [0.25, 0.3) is 11.3 Å². The maximum Gasteiger partial charge on any atom is 0.247 e. The second-order valence-electron chi connectivity index (χ2n) is 6.27. The van der Waals surface area contributed by atoms with Crippen LogP contribution >= 0.6 is 27.7 Å². The maximum absolute atomic E-state index is 6.29. The van der Waals surface area contributed by atoms with Gasteiger partial charge in [-0.25, -0.2) is 0 Å². The fourth-order valence-electron chi connectivity index (χ4n) is 3.08. The van der Waals surface area contributed by atoms with Crippen LogP contribution in [0.3, 0.4) is 0 Å². The average molecular weight is 487 g/mol. The van der Waals surface area contributed by atoms with Gasteiger partial charge in [-0.3, -0.25) is 0 Å². The molecule has 1 aliphatic rings. The molecular formula is C21H19BrN4O3S. The molecule has 0 fully saturated rings. The van der Waals surface area contributed by atoms with Gasteiger partial charge < -0.3 is 19.5 Å². The van der Waals surface area contributed by atoms with E-state index in [9.17, 15) is 0 Å². The lowest BCUT2D eigenvalue weighted by Crippen LogP contribution is -2.17. The minimum absolute atomic E-state index is 0.407. The summed E-state index contributed by atoms with van der Waals surface area (Å²) in [6.45, 7) is 3.73. The van der Waals surface area contributed by atoms with Crippen molar-refractivity contribution < 1.29 is 14.2 Å². The fourth-order valence-corrected chi connectivity index (χ4v) is 4.22. The lowest BCUT2D eigenvalue weighted by molar-refractivity contribution is 0.224. The summed E-state index contributed by atoms with van der Waals surface area (Å²) in [6.07, 6.45) is 1.26. The molecule has 30 heavy (non-hydrogen) atoms. The highest BCUT2D eigenvalue weighted by atomic mass is 79.9. The van der Waals surface area contributed by atoms with Crippen LogP contribution in [0.5, 0.6) is 17.4 Å². The summed E-state index contributed by atoms with van der Waals surface area (Å²) in [5, 5.41) is 12.6. The number of nitrogens with zero attached hydrogens (tertiary/aromatic N) is 3. The van der Waals surface area contributed by atoms with Crippen molar-refractivity contribution in [2.45, 2.75) is 11.4 Å². The number of ether oxygens (including phenoxy) is 3. The molecule has 0 saturated carbocycles. The Hall–Kier alpha value is -2.78. The van der Waals surface area contributed by atoms with Gasteiger partial charge in [0.05, 0.1) is 18.7 Å². The number of methoxy groups -OCH3 is 2. The van der Waals surface area contributed by atoms with Crippen molar-refractivity contribution in [3.05, 3.63) is 59.1 Å². The summed E-state index contributed by atoms with van der Waals surface area (Å²) in [5.41, 5.74) is 3.16. The van der Waals surface area contributed by atoms with Crippen molar-refractivity contribution in [1.82, 2.24) is 15.2 Å². The van der Waals surface area contributed by atoms with Gasteiger partial charge in [-0.15, -0.1) is 16.8 Å². The first kappa shape index (κ1) is 20.5. The highest BCUT2D eigenvalue weighted by Crippen LogP contribution is 2.42. The van der Waals surface area contributed by atoms with Crippen molar-refractivity contribution in [2.75, 3.05) is 25.3 Å². The predicted molar refractivity (Wildman–Crippen MR) is 120 cm³/mol. The van der Waals surface area contributed by atoms with Gasteiger partial charge in [0.15, 0.2) is 23.4 Å². The third-order valence-corrected chi connectivity index (χ3v) is 5.85. The molecule has 0 bridgehead atoms. The molecule has 0 spiro atoms. The lowest BCUT2D eigenvalue weighted by atomic mass is 10.1. The van der Waals surface area contributed by atoms with Crippen LogP contribution in [0.15, 0.2) is 58.7 Å². The highest BCUT2D eigenvalue weighted by molar-refractivity contribution is 9.10. The Bertz CT molecular complexity index is 1100. The number of nitrogens with one attached hydrogen (secondary N) is 1. The molecule has 1 aliphatic heterocycles. The molecule has 0 radical (unpaired) electrons. The predicted octanol–water partition coefficient (Wildman–Crippen LogP) is 5.10. The van der Waals surface area contributed by atoms with Gasteiger partial charge in [-0.2, -0.15) is 4.98 Å². The zero-order valence-electron chi connectivity index (χ0n) is 16.4. The molecule has 1 N–H and O–H groups in total. The molecule has 2 heterocycles. The van der Waals surface area contributed by atoms with Crippen LogP contribution < -0.4 is 19.5 Å². The van der Waals surface area contributed by atoms with E-state index in [0.717, 1.165) is 21.3 Å². The Morgan fingerprint density at radius 2 is 2.07 bits per heavy atom. The van der Waals surface area contributed by atoms with E-state index in [4.69, 9.17) is 14.2 Å². The topological polar surface area (TPSA) is 78.4 Å². The van der Waals surface area contributed by atoms with Crippen LogP contribution in [0.1, 0.15) is 11.8 Å². The van der Waals surface area contributed by atoms with E-state index in [1.807, 2.05) is 36.4 Å². The molecule has 154 valence electrons. The summed E-state index contributed by atoms with van der Waals surface area (Å²) >= 11 is 4.99. The van der Waals surface area contributed by atoms with Gasteiger partial charge in [0, 0.05) is 22.6 Å². The Morgan fingerprint density at radius 3 is 2.83 bits per heavy atom. The lowest BCUT2D eigenvalue weighted by Gasteiger charge is -2.21. The number of fused-ring (bicyclic) bond motifs is 3. The number of hydrogen-bond acceptors (Lipinski definition) is 8. The smallest absolute Gasteiger partial charge is 0.247 e. The molecule has 3 aromatic rings. The number of thioether (sulfide) groups is 1. The van der Waals surface area contributed by atoms with Gasteiger partial charge in [0.25, 0.3) is 0 Å². The average Bonchev–Trinajstić information content (AvgIpc) is 2.93. The zero-order valence-corrected chi connectivity index (χ0v) is 18.8. The van der Waals surface area contributed by atoms with Crippen molar-refractivity contribution in [2.24, 2.45) is 0 Å². The first-order valence-corrected chi connectivity index (χ1v) is 10.8. The van der Waals surface area contributed by atoms with E-state index in [1.54, 1.807) is 20.3 Å². The SMILES string of the molecule is C=CCSc1nnc2c(n1)O[C@@H](c1cc(Br)c(OC)c(OC)c1)Nc1ccccc1-2. The second-order valence-corrected chi connectivity index (χ2v) is 8.12. The minimum Gasteiger partial charge on any atom is -0.493 e. The number of halogens is 1. The molecule has 7 nitrogen and oxygen atoms in total. The highest BCUT2D eigenvalue weighted by Gasteiger charge is 2.27. The first-order chi connectivity index (χ1) is 14.6. The number of para-hydroxylation sites is 1. The van der Waals surface area contributed by atoms with E-state index in [0.29, 0.717) is 34.0 Å². The molecule has 0 amide bonds. The normalized spacial score (nSPS) is 14.4. The number of hydrogen-bond donors (Lipinski definition) is 1. The summed E-state index contributed by atoms with van der Waals surface area (Å²) in [4.78, 5) is 4.60. The molecule has 0 unspecified atom stereocenters. The van der Waals surface area contributed by atoms with E-state index >= 15 is 0 Å². The Morgan fingerprint density at radius 1 is 1.23 bits per heavy atom. The summed E-state index contributed by atoms with van der Waals surface area (Å²) in [6, 6.07) is 11.6. The van der Waals surface area contributed by atoms with Crippen LogP contribution in [0.2, 0.25) is 0 Å². The van der Waals surface area contributed by atoms with Crippen LogP contribution in [-0.4, -0.2) is 35.2 Å². The quantitative estimate of drug-likeness (QED) is 0.380. The number of benzene rings is 2. The van der Waals surface area contributed by atoms with Crippen molar-refractivity contribution in [1.29, 1.82) is 0 Å². The summed E-state index contributed by atoms with van der Waals surface area (Å²) in [5.74, 6) is 2.29. The molecule has 2 aromatic carbocycles. The standard InChI is InChI=1S/C21H19BrN4O3S/c1-4-9-30-21-24-20-17(25-26-21)13-7-5-6-8-15(13)23-19(29-20)12-10-14(22)18(28-3)16(11-12)27-2/h4-8,10-11,19,23H,1,9H2,2-3H3/t19-/m0/s1. The fraction of sp³-hybridized carbons (Fsp3) is 0.190. The Labute approximate surface area is 187 Å². The third-order valence-electron chi connectivity index (χ3n) is 4.42. The Kier molecular flexibility index (Phi) is 6.10. The molecule has 4 rings (SSSR count).